The van der Waals surface area contributed by atoms with E-state index in [0.717, 1.165) is 0 Å². The number of aromatic nitrogens is 3. The number of pyridine rings is 1. The van der Waals surface area contributed by atoms with E-state index < -0.39 is 17.6 Å². The van der Waals surface area contributed by atoms with E-state index in [-0.39, 0.29) is 17.9 Å². The summed E-state index contributed by atoms with van der Waals surface area (Å²) >= 11 is 9.02. The lowest BCUT2D eigenvalue weighted by Gasteiger charge is -2.20. The highest BCUT2D eigenvalue weighted by Crippen LogP contribution is 2.33. The number of halogens is 4. The number of carbonyl (C=O) groups excluding carboxylic acids is 1. The van der Waals surface area contributed by atoms with Gasteiger partial charge in [-0.05, 0) is 55.6 Å². The number of hydrogen-bond acceptors (Lipinski definition) is 6. The minimum absolute atomic E-state index is 0.157. The SMILES string of the molecule is O=C(Nc1ccc(OC(F)(F)Cl)cc1)c1cnc(N2CC[C@@H](F)C2)c(-c2ccnn2S)c1. The van der Waals surface area contributed by atoms with Crippen LogP contribution >= 0.6 is 24.4 Å². The maximum Gasteiger partial charge on any atom is 0.487 e. The molecule has 0 bridgehead atoms. The van der Waals surface area contributed by atoms with E-state index in [1.165, 1.54) is 34.5 Å². The van der Waals surface area contributed by atoms with Crippen LogP contribution in [-0.2, 0) is 0 Å². The molecule has 3 heterocycles. The van der Waals surface area contributed by atoms with Crippen molar-refractivity contribution in [3.63, 3.8) is 0 Å². The maximum atomic E-state index is 13.8. The highest BCUT2D eigenvalue weighted by atomic mass is 35.5. The molecule has 4 rings (SSSR count). The Hall–Kier alpha value is -2.92. The fourth-order valence-electron chi connectivity index (χ4n) is 3.37. The Morgan fingerprint density at radius 2 is 2.03 bits per heavy atom. The van der Waals surface area contributed by atoms with Crippen LogP contribution in [0.15, 0.2) is 48.8 Å². The number of thiol groups is 1. The number of benzene rings is 1. The van der Waals surface area contributed by atoms with Gasteiger partial charge in [0.25, 0.3) is 5.91 Å². The van der Waals surface area contributed by atoms with Gasteiger partial charge in [-0.1, -0.05) is 0 Å². The highest BCUT2D eigenvalue weighted by Gasteiger charge is 2.28. The average molecular weight is 484 g/mol. The van der Waals surface area contributed by atoms with E-state index in [9.17, 15) is 18.0 Å². The minimum Gasteiger partial charge on any atom is -0.420 e. The van der Waals surface area contributed by atoms with Gasteiger partial charge < -0.3 is 15.0 Å². The molecule has 1 atom stereocenters. The fourth-order valence-corrected chi connectivity index (χ4v) is 3.69. The Balaban J connectivity index is 1.58. The third-order valence-corrected chi connectivity index (χ3v) is 5.20. The number of carbonyl (C=O) groups is 1. The summed E-state index contributed by atoms with van der Waals surface area (Å²) in [6.45, 7) is 0.713. The predicted molar refractivity (Wildman–Crippen MR) is 117 cm³/mol. The average Bonchev–Trinajstić information content (AvgIpc) is 3.36. The van der Waals surface area contributed by atoms with Gasteiger partial charge in [0.1, 0.15) is 17.7 Å². The molecule has 2 aromatic heterocycles. The van der Waals surface area contributed by atoms with Crippen molar-refractivity contribution in [1.29, 1.82) is 0 Å². The van der Waals surface area contributed by atoms with Gasteiger partial charge in [-0.25, -0.2) is 13.5 Å². The lowest BCUT2D eigenvalue weighted by Crippen LogP contribution is -2.23. The standard InChI is InChI=1S/C20H17ClF3N5O2S/c21-20(23,24)31-15-3-1-14(2-4-15)27-19(30)12-9-16(17-5-7-26-29(17)32)18(25-10-12)28-8-6-13(22)11-28/h1-5,7,9-10,13,32H,6,8,11H2,(H,27,30)/t13-/m1/s1. The van der Waals surface area contributed by atoms with Crippen LogP contribution in [0.2, 0.25) is 0 Å². The molecule has 3 aromatic rings. The van der Waals surface area contributed by atoms with Gasteiger partial charge >= 0.3 is 5.57 Å². The second kappa shape index (κ2) is 8.91. The zero-order valence-electron chi connectivity index (χ0n) is 16.4. The largest absolute Gasteiger partial charge is 0.487 e. The van der Waals surface area contributed by atoms with Gasteiger partial charge in [-0.3, -0.25) is 4.79 Å². The van der Waals surface area contributed by atoms with Crippen molar-refractivity contribution in [2.24, 2.45) is 0 Å². The van der Waals surface area contributed by atoms with E-state index in [2.05, 4.69) is 33.0 Å². The molecule has 1 saturated heterocycles. The highest BCUT2D eigenvalue weighted by molar-refractivity contribution is 7.78. The number of ether oxygens (including phenoxy) is 1. The molecule has 0 saturated carbocycles. The lowest BCUT2D eigenvalue weighted by molar-refractivity contribution is -0.0964. The molecule has 1 N–H and O–H groups in total. The molecule has 1 amide bonds. The first-order chi connectivity index (χ1) is 15.2. The van der Waals surface area contributed by atoms with Gasteiger partial charge in [-0.15, -0.1) is 8.78 Å². The normalized spacial score (nSPS) is 16.3. The van der Waals surface area contributed by atoms with Gasteiger partial charge in [-0.2, -0.15) is 5.10 Å². The zero-order valence-corrected chi connectivity index (χ0v) is 18.0. The van der Waals surface area contributed by atoms with Gasteiger partial charge in [0.15, 0.2) is 0 Å². The van der Waals surface area contributed by atoms with Crippen molar-refractivity contribution in [3.8, 4) is 17.0 Å². The lowest BCUT2D eigenvalue weighted by atomic mass is 10.1. The number of hydrogen-bond donors (Lipinski definition) is 2. The Morgan fingerprint density at radius 1 is 1.28 bits per heavy atom. The summed E-state index contributed by atoms with van der Waals surface area (Å²) in [5, 5.41) is 6.70. The maximum absolute atomic E-state index is 13.8. The summed E-state index contributed by atoms with van der Waals surface area (Å²) in [4.78, 5) is 19.0. The molecule has 168 valence electrons. The first-order valence-corrected chi connectivity index (χ1v) is 10.3. The van der Waals surface area contributed by atoms with Crippen LogP contribution in [-0.4, -0.2) is 44.9 Å². The van der Waals surface area contributed by atoms with Crippen LogP contribution in [0.5, 0.6) is 5.75 Å². The number of alkyl halides is 4. The molecule has 1 aliphatic rings. The van der Waals surface area contributed by atoms with E-state index in [1.54, 1.807) is 18.3 Å². The van der Waals surface area contributed by atoms with E-state index in [1.807, 2.05) is 4.90 Å². The number of amides is 1. The van der Waals surface area contributed by atoms with E-state index in [0.29, 0.717) is 35.7 Å². The number of nitrogens with one attached hydrogen (secondary N) is 1. The third-order valence-electron chi connectivity index (χ3n) is 4.80. The Morgan fingerprint density at radius 3 is 2.62 bits per heavy atom. The Labute approximate surface area is 191 Å². The van der Waals surface area contributed by atoms with Crippen molar-refractivity contribution < 1.29 is 22.7 Å². The van der Waals surface area contributed by atoms with Gasteiger partial charge in [0, 0.05) is 35.6 Å². The molecule has 0 spiro atoms. The summed E-state index contributed by atoms with van der Waals surface area (Å²) in [6, 6.07) is 8.62. The van der Waals surface area contributed by atoms with Crippen molar-refractivity contribution in [1.82, 2.24) is 14.2 Å². The van der Waals surface area contributed by atoms with Crippen LogP contribution in [0.3, 0.4) is 0 Å². The van der Waals surface area contributed by atoms with Crippen LogP contribution < -0.4 is 15.0 Å². The molecule has 1 aromatic carbocycles. The van der Waals surface area contributed by atoms with Crippen molar-refractivity contribution >= 4 is 41.8 Å². The first kappa shape index (κ1) is 22.3. The molecule has 12 heteroatoms. The second-order valence-corrected chi connectivity index (χ2v) is 7.88. The van der Waals surface area contributed by atoms with Crippen molar-refractivity contribution in [2.45, 2.75) is 18.2 Å². The Bertz CT molecular complexity index is 1120. The molecule has 0 unspecified atom stereocenters. The molecule has 1 aliphatic heterocycles. The number of rotatable bonds is 6. The fraction of sp³-hybridized carbons (Fsp3) is 0.250. The molecule has 0 radical (unpaired) electrons. The molecular formula is C20H17ClF3N5O2S. The molecule has 7 nitrogen and oxygen atoms in total. The Kier molecular flexibility index (Phi) is 6.20. The van der Waals surface area contributed by atoms with E-state index >= 15 is 0 Å². The summed E-state index contributed by atoms with van der Waals surface area (Å²) in [6.07, 6.45) is 2.40. The van der Waals surface area contributed by atoms with Gasteiger partial charge in [0.05, 0.1) is 24.0 Å². The van der Waals surface area contributed by atoms with Crippen LogP contribution in [0.25, 0.3) is 11.3 Å². The van der Waals surface area contributed by atoms with Crippen LogP contribution in [0.4, 0.5) is 24.7 Å². The molecule has 0 aliphatic carbocycles. The number of anilines is 2. The smallest absolute Gasteiger partial charge is 0.420 e. The predicted octanol–water partition coefficient (Wildman–Crippen LogP) is 4.61. The van der Waals surface area contributed by atoms with Crippen LogP contribution in [0.1, 0.15) is 16.8 Å². The monoisotopic (exact) mass is 483 g/mol. The molecule has 32 heavy (non-hydrogen) atoms. The summed E-state index contributed by atoms with van der Waals surface area (Å²) in [5.74, 6) is -0.104. The summed E-state index contributed by atoms with van der Waals surface area (Å²) < 4.78 is 44.8. The van der Waals surface area contributed by atoms with Crippen molar-refractivity contribution in [3.05, 3.63) is 54.4 Å². The molecular weight excluding hydrogens is 467 g/mol. The first-order valence-electron chi connectivity index (χ1n) is 9.49. The summed E-state index contributed by atoms with van der Waals surface area (Å²) in [5.41, 5.74) is -2.07. The quantitative estimate of drug-likeness (QED) is 0.396. The van der Waals surface area contributed by atoms with Crippen LogP contribution in [0, 0.1) is 0 Å². The summed E-state index contributed by atoms with van der Waals surface area (Å²) in [7, 11) is 0. The molecule has 1 fully saturated rings. The van der Waals surface area contributed by atoms with Gasteiger partial charge in [0.2, 0.25) is 0 Å². The number of nitrogens with zero attached hydrogens (tertiary/aromatic N) is 4. The third kappa shape index (κ3) is 5.10. The second-order valence-electron chi connectivity index (χ2n) is 7.06. The topological polar surface area (TPSA) is 72.3 Å². The van der Waals surface area contributed by atoms with E-state index in [4.69, 9.17) is 11.6 Å². The van der Waals surface area contributed by atoms with Crippen molar-refractivity contribution in [2.75, 3.05) is 23.3 Å². The zero-order chi connectivity index (χ0) is 22.9. The minimum atomic E-state index is -3.83.